The lowest BCUT2D eigenvalue weighted by atomic mass is 10.1. The van der Waals surface area contributed by atoms with Crippen LogP contribution in [0.1, 0.15) is 44.2 Å². The lowest BCUT2D eigenvalue weighted by molar-refractivity contribution is -0.170. The van der Waals surface area contributed by atoms with Crippen molar-refractivity contribution >= 4 is 17.8 Å². The highest BCUT2D eigenvalue weighted by Gasteiger charge is 2.48. The minimum atomic E-state index is -4.42. The Labute approximate surface area is 151 Å². The van der Waals surface area contributed by atoms with E-state index in [0.29, 0.717) is 17.0 Å². The summed E-state index contributed by atoms with van der Waals surface area (Å²) in [5, 5.41) is 0.440. The van der Waals surface area contributed by atoms with E-state index in [9.17, 15) is 27.6 Å². The number of hydrogen-bond donors (Lipinski definition) is 0. The average molecular weight is 375 g/mol. The standard InChI is InChI=1S/C19H12F3NO4/c20-19(21,22)11-7-5-10(6-8-11)14-9-15(14)18(26)27-23-16(24)12-3-1-2-4-13(12)17(23)25/h1-8,14-15H,9H2/t14-,15+/m0/s1. The van der Waals surface area contributed by atoms with E-state index in [4.69, 9.17) is 4.84 Å². The fourth-order valence-corrected chi connectivity index (χ4v) is 3.15. The number of hydroxylamine groups is 2. The molecule has 0 radical (unpaired) electrons. The zero-order valence-corrected chi connectivity index (χ0v) is 13.7. The first kappa shape index (κ1) is 17.3. The molecule has 5 nitrogen and oxygen atoms in total. The van der Waals surface area contributed by atoms with Crippen LogP contribution in [0.25, 0.3) is 0 Å². The van der Waals surface area contributed by atoms with Crippen molar-refractivity contribution in [1.29, 1.82) is 0 Å². The molecular formula is C19H12F3NO4. The Hall–Kier alpha value is -3.16. The van der Waals surface area contributed by atoms with Gasteiger partial charge in [-0.3, -0.25) is 9.59 Å². The molecule has 2 aromatic carbocycles. The van der Waals surface area contributed by atoms with Crippen molar-refractivity contribution in [1.82, 2.24) is 5.06 Å². The second kappa shape index (κ2) is 5.94. The van der Waals surface area contributed by atoms with Crippen molar-refractivity contribution in [3.05, 3.63) is 70.8 Å². The number of alkyl halides is 3. The van der Waals surface area contributed by atoms with Gasteiger partial charge in [0.25, 0.3) is 11.8 Å². The van der Waals surface area contributed by atoms with Crippen LogP contribution >= 0.6 is 0 Å². The maximum Gasteiger partial charge on any atom is 0.416 e. The summed E-state index contributed by atoms with van der Waals surface area (Å²) in [6.45, 7) is 0. The van der Waals surface area contributed by atoms with E-state index in [-0.39, 0.29) is 17.0 Å². The van der Waals surface area contributed by atoms with E-state index in [1.807, 2.05) is 0 Å². The molecule has 0 saturated heterocycles. The van der Waals surface area contributed by atoms with Crippen LogP contribution in [0.4, 0.5) is 13.2 Å². The maximum absolute atomic E-state index is 12.6. The van der Waals surface area contributed by atoms with Gasteiger partial charge in [0.05, 0.1) is 22.6 Å². The molecule has 1 aliphatic heterocycles. The number of fused-ring (bicyclic) bond motifs is 1. The number of benzene rings is 2. The zero-order valence-electron chi connectivity index (χ0n) is 13.7. The summed E-state index contributed by atoms with van der Waals surface area (Å²) in [5.41, 5.74) is 0.125. The molecule has 0 N–H and O–H groups in total. The second-order valence-electron chi connectivity index (χ2n) is 6.43. The second-order valence-corrected chi connectivity index (χ2v) is 6.43. The smallest absolute Gasteiger partial charge is 0.329 e. The molecule has 1 heterocycles. The van der Waals surface area contributed by atoms with Crippen molar-refractivity contribution in [3.8, 4) is 0 Å². The predicted molar refractivity (Wildman–Crippen MR) is 85.3 cm³/mol. The Morgan fingerprint density at radius 3 is 2.04 bits per heavy atom. The molecular weight excluding hydrogens is 363 g/mol. The Morgan fingerprint density at radius 2 is 1.52 bits per heavy atom. The van der Waals surface area contributed by atoms with Gasteiger partial charge in [-0.25, -0.2) is 4.79 Å². The van der Waals surface area contributed by atoms with Gasteiger partial charge in [0.2, 0.25) is 0 Å². The average Bonchev–Trinajstić information content (AvgIpc) is 3.41. The van der Waals surface area contributed by atoms with Gasteiger partial charge in [-0.1, -0.05) is 29.3 Å². The van der Waals surface area contributed by atoms with Crippen molar-refractivity contribution in [2.45, 2.75) is 18.5 Å². The van der Waals surface area contributed by atoms with Gasteiger partial charge in [-0.15, -0.1) is 0 Å². The first-order valence-corrected chi connectivity index (χ1v) is 8.14. The highest BCUT2D eigenvalue weighted by molar-refractivity contribution is 6.20. The molecule has 0 unspecified atom stereocenters. The normalized spacial score (nSPS) is 21.2. The Balaban J connectivity index is 1.43. The lowest BCUT2D eigenvalue weighted by Gasteiger charge is -2.12. The Bertz CT molecular complexity index is 917. The van der Waals surface area contributed by atoms with E-state index >= 15 is 0 Å². The molecule has 4 rings (SSSR count). The van der Waals surface area contributed by atoms with E-state index in [0.717, 1.165) is 12.1 Å². The predicted octanol–water partition coefficient (Wildman–Crippen LogP) is 3.56. The van der Waals surface area contributed by atoms with Crippen LogP contribution in [0.5, 0.6) is 0 Å². The summed E-state index contributed by atoms with van der Waals surface area (Å²) in [5.74, 6) is -3.08. The fraction of sp³-hybridized carbons (Fsp3) is 0.211. The van der Waals surface area contributed by atoms with Gasteiger partial charge in [0.1, 0.15) is 0 Å². The largest absolute Gasteiger partial charge is 0.416 e. The number of halogens is 3. The molecule has 27 heavy (non-hydrogen) atoms. The summed E-state index contributed by atoms with van der Waals surface area (Å²) in [4.78, 5) is 41.6. The monoisotopic (exact) mass is 375 g/mol. The number of imide groups is 1. The van der Waals surface area contributed by atoms with Crippen LogP contribution in [-0.2, 0) is 15.8 Å². The summed E-state index contributed by atoms with van der Waals surface area (Å²) in [6, 6.07) is 10.7. The molecule has 0 aromatic heterocycles. The van der Waals surface area contributed by atoms with Crippen LogP contribution < -0.4 is 0 Å². The SMILES string of the molecule is O=C(ON1C(=O)c2ccccc2C1=O)[C@@H]1C[C@H]1c1ccc(C(F)(F)F)cc1. The van der Waals surface area contributed by atoms with E-state index in [1.165, 1.54) is 24.3 Å². The fourth-order valence-electron chi connectivity index (χ4n) is 3.15. The van der Waals surface area contributed by atoms with Gasteiger partial charge in [0.15, 0.2) is 0 Å². The summed E-state index contributed by atoms with van der Waals surface area (Å²) in [6.07, 6.45) is -4.04. The topological polar surface area (TPSA) is 63.7 Å². The van der Waals surface area contributed by atoms with Crippen LogP contribution in [-0.4, -0.2) is 22.8 Å². The molecule has 0 spiro atoms. The van der Waals surface area contributed by atoms with Crippen LogP contribution in [0, 0.1) is 5.92 Å². The van der Waals surface area contributed by atoms with Crippen molar-refractivity contribution < 1.29 is 32.4 Å². The number of carbonyl (C=O) groups is 3. The zero-order chi connectivity index (χ0) is 19.3. The van der Waals surface area contributed by atoms with Gasteiger partial charge < -0.3 is 4.84 Å². The molecule has 1 fully saturated rings. The third-order valence-electron chi connectivity index (χ3n) is 4.70. The molecule has 0 bridgehead atoms. The summed E-state index contributed by atoms with van der Waals surface area (Å²) < 4.78 is 37.8. The first-order valence-electron chi connectivity index (χ1n) is 8.14. The molecule has 8 heteroatoms. The van der Waals surface area contributed by atoms with Gasteiger partial charge in [-0.05, 0) is 42.2 Å². The van der Waals surface area contributed by atoms with Gasteiger partial charge in [0, 0.05) is 0 Å². The van der Waals surface area contributed by atoms with E-state index < -0.39 is 35.4 Å². The van der Waals surface area contributed by atoms with Crippen LogP contribution in [0.3, 0.4) is 0 Å². The van der Waals surface area contributed by atoms with Gasteiger partial charge >= 0.3 is 12.1 Å². The van der Waals surface area contributed by atoms with Crippen LogP contribution in [0.2, 0.25) is 0 Å². The molecule has 2 aromatic rings. The molecule has 138 valence electrons. The summed E-state index contributed by atoms with van der Waals surface area (Å²) >= 11 is 0. The number of nitrogens with zero attached hydrogens (tertiary/aromatic N) is 1. The highest BCUT2D eigenvalue weighted by atomic mass is 19.4. The lowest BCUT2D eigenvalue weighted by Crippen LogP contribution is -2.33. The van der Waals surface area contributed by atoms with E-state index in [2.05, 4.69) is 0 Å². The quantitative estimate of drug-likeness (QED) is 0.770. The number of amides is 2. The van der Waals surface area contributed by atoms with E-state index in [1.54, 1.807) is 12.1 Å². The first-order chi connectivity index (χ1) is 12.8. The minimum Gasteiger partial charge on any atom is -0.329 e. The molecule has 1 saturated carbocycles. The summed E-state index contributed by atoms with van der Waals surface area (Å²) in [7, 11) is 0. The molecule has 2 atom stereocenters. The molecule has 2 amide bonds. The Morgan fingerprint density at radius 1 is 0.963 bits per heavy atom. The Kier molecular flexibility index (Phi) is 3.80. The number of rotatable bonds is 3. The maximum atomic E-state index is 12.6. The third kappa shape index (κ3) is 2.97. The minimum absolute atomic E-state index is 0.158. The number of hydrogen-bond acceptors (Lipinski definition) is 4. The van der Waals surface area contributed by atoms with Crippen molar-refractivity contribution in [2.24, 2.45) is 5.92 Å². The van der Waals surface area contributed by atoms with Gasteiger partial charge in [-0.2, -0.15) is 13.2 Å². The third-order valence-corrected chi connectivity index (χ3v) is 4.70. The van der Waals surface area contributed by atoms with Crippen molar-refractivity contribution in [3.63, 3.8) is 0 Å². The molecule has 1 aliphatic carbocycles. The molecule has 2 aliphatic rings. The number of carbonyl (C=O) groups excluding carboxylic acids is 3. The highest BCUT2D eigenvalue weighted by Crippen LogP contribution is 2.48. The van der Waals surface area contributed by atoms with Crippen LogP contribution in [0.15, 0.2) is 48.5 Å². The van der Waals surface area contributed by atoms with Crippen molar-refractivity contribution in [2.75, 3.05) is 0 Å².